The van der Waals surface area contributed by atoms with E-state index in [-0.39, 0.29) is 12.7 Å². The molecular formula is C29H38N4O2. The van der Waals surface area contributed by atoms with Crippen LogP contribution in [-0.4, -0.2) is 26.8 Å². The lowest BCUT2D eigenvalue weighted by atomic mass is 9.75. The number of hydrogen-bond donors (Lipinski definition) is 1. The Hall–Kier alpha value is -2.99. The lowest BCUT2D eigenvalue weighted by Gasteiger charge is -2.34. The summed E-state index contributed by atoms with van der Waals surface area (Å²) < 4.78 is 6.85. The highest BCUT2D eigenvalue weighted by molar-refractivity contribution is 5.75. The van der Waals surface area contributed by atoms with Crippen LogP contribution in [0.15, 0.2) is 54.9 Å². The number of hydrogen-bond acceptors (Lipinski definition) is 5. The summed E-state index contributed by atoms with van der Waals surface area (Å²) in [6.07, 6.45) is 6.70. The number of carbonyl (C=O) groups is 1. The Labute approximate surface area is 209 Å². The smallest absolute Gasteiger partial charge is 0.313 e. The number of rotatable bonds is 7. The molecule has 1 fully saturated rings. The molecule has 0 unspecified atom stereocenters. The minimum Gasteiger partial charge on any atom is -0.442 e. The first kappa shape index (κ1) is 25.1. The molecule has 1 heterocycles. The van der Waals surface area contributed by atoms with Crippen LogP contribution in [0.2, 0.25) is 0 Å². The predicted molar refractivity (Wildman–Crippen MR) is 139 cm³/mol. The number of benzene rings is 2. The molecule has 0 bridgehead atoms. The van der Waals surface area contributed by atoms with Crippen molar-refractivity contribution in [3.8, 4) is 22.5 Å². The molecule has 4 rings (SSSR count). The Morgan fingerprint density at radius 2 is 1.74 bits per heavy atom. The van der Waals surface area contributed by atoms with Crippen molar-refractivity contribution in [2.75, 3.05) is 0 Å². The van der Waals surface area contributed by atoms with Gasteiger partial charge < -0.3 is 10.1 Å². The van der Waals surface area contributed by atoms with E-state index in [2.05, 4.69) is 65.6 Å². The monoisotopic (exact) mass is 474 g/mol. The van der Waals surface area contributed by atoms with Gasteiger partial charge >= 0.3 is 5.97 Å². The van der Waals surface area contributed by atoms with Gasteiger partial charge in [-0.05, 0) is 74.6 Å². The molecule has 0 atom stereocenters. The Balaban J connectivity index is 1.35. The van der Waals surface area contributed by atoms with Crippen LogP contribution in [0.4, 0.5) is 0 Å². The third-order valence-electron chi connectivity index (χ3n) is 6.81. The molecule has 35 heavy (non-hydrogen) atoms. The number of nitrogens with one attached hydrogen (secondary N) is 1. The molecule has 0 radical (unpaired) electrons. The molecule has 1 aromatic heterocycles. The van der Waals surface area contributed by atoms with E-state index in [4.69, 9.17) is 4.74 Å². The minimum atomic E-state index is -0.542. The SMILES string of the molecule is CC1(C)CCC(NCc2cccc(-c3ccc(-c4ncn(COC(=O)C(C)(C)C)n4)cc3)c2)CC1. The van der Waals surface area contributed by atoms with Gasteiger partial charge in [-0.2, -0.15) is 0 Å². The second kappa shape index (κ2) is 10.3. The average Bonchev–Trinajstić information content (AvgIpc) is 3.30. The lowest BCUT2D eigenvalue weighted by molar-refractivity contribution is -0.157. The van der Waals surface area contributed by atoms with Crippen LogP contribution in [0.5, 0.6) is 0 Å². The zero-order valence-electron chi connectivity index (χ0n) is 21.7. The fourth-order valence-corrected chi connectivity index (χ4v) is 4.37. The van der Waals surface area contributed by atoms with Crippen molar-refractivity contribution in [1.82, 2.24) is 20.1 Å². The standard InChI is InChI=1S/C29H38N4O2/c1-28(2,3)27(34)35-20-33-19-31-26(32-33)23-11-9-22(10-12-23)24-8-6-7-21(17-24)18-30-25-13-15-29(4,5)16-14-25/h6-12,17,19,25,30H,13-16,18,20H2,1-5H3. The van der Waals surface area contributed by atoms with Crippen molar-refractivity contribution in [3.63, 3.8) is 0 Å². The molecular weight excluding hydrogens is 436 g/mol. The number of aromatic nitrogens is 3. The van der Waals surface area contributed by atoms with Gasteiger partial charge in [0.1, 0.15) is 6.33 Å². The van der Waals surface area contributed by atoms with Crippen LogP contribution in [-0.2, 0) is 22.8 Å². The van der Waals surface area contributed by atoms with Crippen molar-refractivity contribution in [1.29, 1.82) is 0 Å². The van der Waals surface area contributed by atoms with Crippen molar-refractivity contribution in [2.24, 2.45) is 10.8 Å². The second-order valence-corrected chi connectivity index (χ2v) is 11.5. The van der Waals surface area contributed by atoms with Crippen LogP contribution in [0.3, 0.4) is 0 Å². The van der Waals surface area contributed by atoms with Crippen molar-refractivity contribution >= 4 is 5.97 Å². The van der Waals surface area contributed by atoms with E-state index < -0.39 is 5.41 Å². The van der Waals surface area contributed by atoms with Gasteiger partial charge in [0.15, 0.2) is 12.6 Å². The van der Waals surface area contributed by atoms with E-state index in [9.17, 15) is 4.79 Å². The first-order valence-corrected chi connectivity index (χ1v) is 12.6. The van der Waals surface area contributed by atoms with E-state index in [1.54, 1.807) is 6.33 Å². The summed E-state index contributed by atoms with van der Waals surface area (Å²) >= 11 is 0. The van der Waals surface area contributed by atoms with E-state index in [1.165, 1.54) is 41.5 Å². The molecule has 1 N–H and O–H groups in total. The predicted octanol–water partition coefficient (Wildman–Crippen LogP) is 6.22. The topological polar surface area (TPSA) is 69.0 Å². The van der Waals surface area contributed by atoms with Gasteiger partial charge in [0, 0.05) is 18.2 Å². The van der Waals surface area contributed by atoms with Gasteiger partial charge in [0.05, 0.1) is 5.41 Å². The average molecular weight is 475 g/mol. The highest BCUT2D eigenvalue weighted by Gasteiger charge is 2.26. The third-order valence-corrected chi connectivity index (χ3v) is 6.81. The number of carbonyl (C=O) groups excluding carboxylic acids is 1. The Bertz CT molecular complexity index is 1130. The third kappa shape index (κ3) is 6.79. The molecule has 1 aliphatic carbocycles. The van der Waals surface area contributed by atoms with Crippen molar-refractivity contribution < 1.29 is 9.53 Å². The molecule has 6 nitrogen and oxygen atoms in total. The summed E-state index contributed by atoms with van der Waals surface area (Å²) in [7, 11) is 0. The first-order chi connectivity index (χ1) is 16.6. The van der Waals surface area contributed by atoms with E-state index >= 15 is 0 Å². The minimum absolute atomic E-state index is 0.0562. The lowest BCUT2D eigenvalue weighted by Crippen LogP contribution is -2.35. The number of esters is 1. The quantitative estimate of drug-likeness (QED) is 0.412. The fourth-order valence-electron chi connectivity index (χ4n) is 4.37. The van der Waals surface area contributed by atoms with Crippen molar-refractivity contribution in [2.45, 2.75) is 79.6 Å². The summed E-state index contributed by atoms with van der Waals surface area (Å²) in [5, 5.41) is 8.21. The highest BCUT2D eigenvalue weighted by atomic mass is 16.5. The van der Waals surface area contributed by atoms with Gasteiger partial charge in [0.2, 0.25) is 0 Å². The maximum Gasteiger partial charge on any atom is 0.313 e. The van der Waals surface area contributed by atoms with Crippen LogP contribution in [0.1, 0.15) is 65.9 Å². The molecule has 0 spiro atoms. The summed E-state index contributed by atoms with van der Waals surface area (Å²) in [5.74, 6) is 0.344. The van der Waals surface area contributed by atoms with E-state index in [1.807, 2.05) is 32.9 Å². The summed E-state index contributed by atoms with van der Waals surface area (Å²) in [6, 6.07) is 17.6. The largest absolute Gasteiger partial charge is 0.442 e. The highest BCUT2D eigenvalue weighted by Crippen LogP contribution is 2.35. The molecule has 0 amide bonds. The Morgan fingerprint density at radius 1 is 1.06 bits per heavy atom. The van der Waals surface area contributed by atoms with Crippen LogP contribution in [0.25, 0.3) is 22.5 Å². The summed E-state index contributed by atoms with van der Waals surface area (Å²) in [4.78, 5) is 16.3. The number of nitrogens with zero attached hydrogens (tertiary/aromatic N) is 3. The van der Waals surface area contributed by atoms with E-state index in [0.717, 1.165) is 17.7 Å². The Morgan fingerprint density at radius 3 is 2.43 bits per heavy atom. The summed E-state index contributed by atoms with van der Waals surface area (Å²) in [6.45, 7) is 11.2. The Kier molecular flexibility index (Phi) is 7.41. The molecule has 0 saturated heterocycles. The molecule has 1 saturated carbocycles. The fraction of sp³-hybridized carbons (Fsp3) is 0.483. The molecule has 186 valence electrons. The van der Waals surface area contributed by atoms with E-state index in [0.29, 0.717) is 17.3 Å². The second-order valence-electron chi connectivity index (χ2n) is 11.5. The molecule has 6 heteroatoms. The van der Waals surface area contributed by atoms with Gasteiger partial charge in [-0.1, -0.05) is 56.3 Å². The van der Waals surface area contributed by atoms with Crippen LogP contribution in [0, 0.1) is 10.8 Å². The maximum absolute atomic E-state index is 12.0. The normalized spacial score (nSPS) is 16.3. The van der Waals surface area contributed by atoms with Gasteiger partial charge in [-0.3, -0.25) is 4.79 Å². The van der Waals surface area contributed by atoms with Crippen LogP contribution < -0.4 is 5.32 Å². The zero-order valence-corrected chi connectivity index (χ0v) is 21.7. The molecule has 0 aliphatic heterocycles. The molecule has 3 aromatic rings. The first-order valence-electron chi connectivity index (χ1n) is 12.6. The maximum atomic E-state index is 12.0. The zero-order chi connectivity index (χ0) is 25.1. The van der Waals surface area contributed by atoms with Gasteiger partial charge in [0.25, 0.3) is 0 Å². The van der Waals surface area contributed by atoms with Crippen molar-refractivity contribution in [3.05, 3.63) is 60.4 Å². The molecule has 2 aromatic carbocycles. The summed E-state index contributed by atoms with van der Waals surface area (Å²) in [5.41, 5.74) is 4.55. The van der Waals surface area contributed by atoms with Gasteiger partial charge in [-0.15, -0.1) is 5.10 Å². The van der Waals surface area contributed by atoms with Gasteiger partial charge in [-0.25, -0.2) is 9.67 Å². The number of ether oxygens (including phenoxy) is 1. The molecule has 1 aliphatic rings. The van der Waals surface area contributed by atoms with Crippen LogP contribution >= 0.6 is 0 Å².